The Morgan fingerprint density at radius 1 is 1.10 bits per heavy atom. The Labute approximate surface area is 113 Å². The second kappa shape index (κ2) is 5.28. The zero-order valence-corrected chi connectivity index (χ0v) is 11.0. The Hall–Kier alpha value is -1.83. The number of halogens is 3. The standard InChI is InChI=1S/C12H11F3N2O2S/c13-12(14,15)11-6-7-17(16-11)8-9-20(18,19)10-4-2-1-3-5-10/h1-7H,8-9H2. The number of aryl methyl sites for hydroxylation is 1. The van der Waals surface area contributed by atoms with E-state index in [0.29, 0.717) is 0 Å². The van der Waals surface area contributed by atoms with Gasteiger partial charge in [0, 0.05) is 6.20 Å². The molecule has 0 aliphatic heterocycles. The molecule has 0 N–H and O–H groups in total. The van der Waals surface area contributed by atoms with E-state index >= 15 is 0 Å². The third-order valence-electron chi connectivity index (χ3n) is 2.62. The monoisotopic (exact) mass is 304 g/mol. The average molecular weight is 304 g/mol. The van der Waals surface area contributed by atoms with E-state index < -0.39 is 21.7 Å². The van der Waals surface area contributed by atoms with Crippen LogP contribution in [0.4, 0.5) is 13.2 Å². The van der Waals surface area contributed by atoms with Crippen LogP contribution in [0.1, 0.15) is 5.69 Å². The van der Waals surface area contributed by atoms with Crippen LogP contribution < -0.4 is 0 Å². The summed E-state index contributed by atoms with van der Waals surface area (Å²) in [5.74, 6) is -0.310. The van der Waals surface area contributed by atoms with Crippen LogP contribution in [0.2, 0.25) is 0 Å². The lowest BCUT2D eigenvalue weighted by molar-refractivity contribution is -0.141. The Morgan fingerprint density at radius 2 is 1.75 bits per heavy atom. The van der Waals surface area contributed by atoms with Crippen LogP contribution in [0.15, 0.2) is 47.5 Å². The van der Waals surface area contributed by atoms with Crippen LogP contribution in [0.25, 0.3) is 0 Å². The van der Waals surface area contributed by atoms with Crippen LogP contribution in [-0.4, -0.2) is 24.0 Å². The maximum Gasteiger partial charge on any atom is 0.435 e. The summed E-state index contributed by atoms with van der Waals surface area (Å²) in [5.41, 5.74) is -1.03. The summed E-state index contributed by atoms with van der Waals surface area (Å²) < 4.78 is 61.9. The number of nitrogens with zero attached hydrogens (tertiary/aromatic N) is 2. The normalized spacial score (nSPS) is 12.6. The lowest BCUT2D eigenvalue weighted by atomic mass is 10.4. The van der Waals surface area contributed by atoms with Crippen LogP contribution in [0.5, 0.6) is 0 Å². The zero-order valence-electron chi connectivity index (χ0n) is 10.2. The summed E-state index contributed by atoms with van der Waals surface area (Å²) in [6, 6.07) is 8.56. The molecule has 2 rings (SSSR count). The van der Waals surface area contributed by atoms with Gasteiger partial charge < -0.3 is 0 Å². The van der Waals surface area contributed by atoms with Crippen molar-refractivity contribution in [2.24, 2.45) is 0 Å². The number of alkyl halides is 3. The smallest absolute Gasteiger partial charge is 0.271 e. The molecule has 1 aromatic carbocycles. The van der Waals surface area contributed by atoms with Gasteiger partial charge in [-0.3, -0.25) is 4.68 Å². The van der Waals surface area contributed by atoms with E-state index in [4.69, 9.17) is 0 Å². The third-order valence-corrected chi connectivity index (χ3v) is 4.33. The number of rotatable bonds is 4. The Balaban J connectivity index is 2.08. The summed E-state index contributed by atoms with van der Waals surface area (Å²) in [6.07, 6.45) is -3.41. The molecule has 0 radical (unpaired) electrons. The Kier molecular flexibility index (Phi) is 3.85. The van der Waals surface area contributed by atoms with Crippen molar-refractivity contribution < 1.29 is 21.6 Å². The molecule has 2 aromatic rings. The molecule has 0 spiro atoms. The first kappa shape index (κ1) is 14.6. The van der Waals surface area contributed by atoms with Crippen LogP contribution in [0, 0.1) is 0 Å². The van der Waals surface area contributed by atoms with Crippen molar-refractivity contribution in [3.63, 3.8) is 0 Å². The van der Waals surface area contributed by atoms with Gasteiger partial charge >= 0.3 is 6.18 Å². The molecule has 20 heavy (non-hydrogen) atoms. The highest BCUT2D eigenvalue weighted by atomic mass is 32.2. The van der Waals surface area contributed by atoms with E-state index in [-0.39, 0.29) is 17.2 Å². The van der Waals surface area contributed by atoms with Crippen molar-refractivity contribution in [1.82, 2.24) is 9.78 Å². The van der Waals surface area contributed by atoms with Gasteiger partial charge in [-0.1, -0.05) is 18.2 Å². The van der Waals surface area contributed by atoms with Gasteiger partial charge in [-0.2, -0.15) is 18.3 Å². The number of hydrogen-bond donors (Lipinski definition) is 0. The first-order chi connectivity index (χ1) is 9.29. The number of hydrogen-bond acceptors (Lipinski definition) is 3. The predicted molar refractivity (Wildman–Crippen MR) is 65.7 cm³/mol. The molecule has 0 amide bonds. The second-order valence-corrected chi connectivity index (χ2v) is 6.20. The molecule has 0 bridgehead atoms. The molecular weight excluding hydrogens is 293 g/mol. The predicted octanol–water partition coefficient (Wildman–Crippen LogP) is 2.38. The average Bonchev–Trinajstić information content (AvgIpc) is 2.86. The van der Waals surface area contributed by atoms with E-state index in [1.54, 1.807) is 18.2 Å². The van der Waals surface area contributed by atoms with Crippen molar-refractivity contribution in [3.8, 4) is 0 Å². The zero-order chi connectivity index (χ0) is 14.8. The molecule has 1 heterocycles. The van der Waals surface area contributed by atoms with Crippen LogP contribution >= 0.6 is 0 Å². The van der Waals surface area contributed by atoms with Gasteiger partial charge in [0.25, 0.3) is 0 Å². The quantitative estimate of drug-likeness (QED) is 0.871. The van der Waals surface area contributed by atoms with E-state index in [9.17, 15) is 21.6 Å². The minimum absolute atomic E-state index is 0.132. The molecule has 0 atom stereocenters. The van der Waals surface area contributed by atoms with Crippen LogP contribution in [-0.2, 0) is 22.6 Å². The molecule has 0 aliphatic rings. The molecule has 108 valence electrons. The summed E-state index contributed by atoms with van der Waals surface area (Å²) in [7, 11) is -3.53. The largest absolute Gasteiger partial charge is 0.435 e. The molecule has 0 aliphatic carbocycles. The van der Waals surface area contributed by atoms with Crippen molar-refractivity contribution >= 4 is 9.84 Å². The first-order valence-corrected chi connectivity index (χ1v) is 7.33. The minimum Gasteiger partial charge on any atom is -0.271 e. The lowest BCUT2D eigenvalue weighted by Crippen LogP contribution is -2.14. The van der Waals surface area contributed by atoms with Gasteiger partial charge in [0.2, 0.25) is 0 Å². The summed E-state index contributed by atoms with van der Waals surface area (Å²) in [4.78, 5) is 0.142. The van der Waals surface area contributed by atoms with Gasteiger partial charge in [-0.25, -0.2) is 8.42 Å². The van der Waals surface area contributed by atoms with E-state index in [2.05, 4.69) is 5.10 Å². The van der Waals surface area contributed by atoms with E-state index in [1.165, 1.54) is 12.1 Å². The molecule has 0 fully saturated rings. The molecule has 8 heteroatoms. The Bertz CT molecular complexity index is 678. The Morgan fingerprint density at radius 3 is 2.30 bits per heavy atom. The lowest BCUT2D eigenvalue weighted by Gasteiger charge is -2.05. The maximum atomic E-state index is 12.3. The fourth-order valence-corrected chi connectivity index (χ4v) is 2.83. The van der Waals surface area contributed by atoms with Crippen molar-refractivity contribution in [1.29, 1.82) is 0 Å². The number of benzene rings is 1. The highest BCUT2D eigenvalue weighted by Crippen LogP contribution is 2.27. The number of aromatic nitrogens is 2. The topological polar surface area (TPSA) is 52.0 Å². The first-order valence-electron chi connectivity index (χ1n) is 5.67. The SMILES string of the molecule is O=S(=O)(CCn1ccc(C(F)(F)F)n1)c1ccccc1. The third kappa shape index (κ3) is 3.38. The van der Waals surface area contributed by atoms with Gasteiger partial charge in [-0.05, 0) is 18.2 Å². The number of sulfone groups is 1. The van der Waals surface area contributed by atoms with Crippen molar-refractivity contribution in [3.05, 3.63) is 48.3 Å². The molecule has 4 nitrogen and oxygen atoms in total. The molecule has 0 saturated carbocycles. The van der Waals surface area contributed by atoms with Gasteiger partial charge in [0.15, 0.2) is 15.5 Å². The van der Waals surface area contributed by atoms with Crippen molar-refractivity contribution in [2.45, 2.75) is 17.6 Å². The van der Waals surface area contributed by atoms with Crippen molar-refractivity contribution in [2.75, 3.05) is 5.75 Å². The van der Waals surface area contributed by atoms with Gasteiger partial charge in [0.05, 0.1) is 17.2 Å². The van der Waals surface area contributed by atoms with Crippen LogP contribution in [0.3, 0.4) is 0 Å². The maximum absolute atomic E-state index is 12.3. The van der Waals surface area contributed by atoms with E-state index in [0.717, 1.165) is 16.9 Å². The summed E-state index contributed by atoms with van der Waals surface area (Å²) in [6.45, 7) is -0.132. The molecule has 1 aromatic heterocycles. The van der Waals surface area contributed by atoms with Gasteiger partial charge in [-0.15, -0.1) is 0 Å². The minimum atomic E-state index is -4.52. The van der Waals surface area contributed by atoms with Gasteiger partial charge in [0.1, 0.15) is 0 Å². The molecule has 0 unspecified atom stereocenters. The fourth-order valence-electron chi connectivity index (χ4n) is 1.60. The summed E-state index contributed by atoms with van der Waals surface area (Å²) in [5, 5.41) is 3.31. The highest BCUT2D eigenvalue weighted by molar-refractivity contribution is 7.91. The molecular formula is C12H11F3N2O2S. The fraction of sp³-hybridized carbons (Fsp3) is 0.250. The highest BCUT2D eigenvalue weighted by Gasteiger charge is 2.33. The van der Waals surface area contributed by atoms with E-state index in [1.807, 2.05) is 0 Å². The molecule has 0 saturated heterocycles. The second-order valence-electron chi connectivity index (χ2n) is 4.09. The summed E-state index contributed by atoms with van der Waals surface area (Å²) >= 11 is 0.